The molecule has 1 aliphatic rings. The summed E-state index contributed by atoms with van der Waals surface area (Å²) in [6, 6.07) is 3.69. The van der Waals surface area contributed by atoms with Crippen LogP contribution in [0.4, 0.5) is 4.39 Å². The number of halogens is 2. The summed E-state index contributed by atoms with van der Waals surface area (Å²) in [7, 11) is 0. The van der Waals surface area contributed by atoms with Gasteiger partial charge in [-0.25, -0.2) is 9.18 Å². The summed E-state index contributed by atoms with van der Waals surface area (Å²) in [5, 5.41) is -0.0304. The molecule has 2 atom stereocenters. The maximum atomic E-state index is 13.0. The zero-order valence-electron chi connectivity index (χ0n) is 12.6. The van der Waals surface area contributed by atoms with Crippen molar-refractivity contribution in [3.63, 3.8) is 0 Å². The highest BCUT2D eigenvalue weighted by molar-refractivity contribution is 6.33. The van der Waals surface area contributed by atoms with Crippen LogP contribution in [0.2, 0.25) is 5.02 Å². The number of carbonyl (C=O) groups is 2. The fourth-order valence-electron chi connectivity index (χ4n) is 2.85. The Morgan fingerprint density at radius 3 is 2.55 bits per heavy atom. The molecular weight excluding hydrogens is 309 g/mol. The summed E-state index contributed by atoms with van der Waals surface area (Å²) in [6.07, 6.45) is 3.00. The number of likely N-dealkylation sites (tertiary alicyclic amines) is 1. The van der Waals surface area contributed by atoms with Gasteiger partial charge in [0, 0.05) is 12.1 Å². The van der Waals surface area contributed by atoms with Crippen LogP contribution in [0.3, 0.4) is 0 Å². The predicted octanol–water partition coefficient (Wildman–Crippen LogP) is 3.43. The van der Waals surface area contributed by atoms with Crippen LogP contribution in [0.5, 0.6) is 0 Å². The van der Waals surface area contributed by atoms with E-state index in [-0.39, 0.29) is 35.2 Å². The number of amides is 1. The van der Waals surface area contributed by atoms with Gasteiger partial charge in [-0.2, -0.15) is 0 Å². The summed E-state index contributed by atoms with van der Waals surface area (Å²) in [5.74, 6) is -1.48. The Kier molecular flexibility index (Phi) is 5.40. The molecule has 0 aromatic heterocycles. The van der Waals surface area contributed by atoms with Gasteiger partial charge in [0.25, 0.3) is 5.91 Å². The number of hydrogen-bond acceptors (Lipinski definition) is 3. The molecule has 6 heteroatoms. The number of ether oxygens (including phenoxy) is 1. The molecule has 0 radical (unpaired) electrons. The molecule has 2 rings (SSSR count). The van der Waals surface area contributed by atoms with Gasteiger partial charge in [-0.05, 0) is 51.3 Å². The van der Waals surface area contributed by atoms with E-state index in [4.69, 9.17) is 16.3 Å². The van der Waals surface area contributed by atoms with Gasteiger partial charge in [0.1, 0.15) is 5.82 Å². The Morgan fingerprint density at radius 2 is 1.95 bits per heavy atom. The summed E-state index contributed by atoms with van der Waals surface area (Å²) >= 11 is 5.80. The third kappa shape index (κ3) is 3.77. The molecule has 4 nitrogen and oxygen atoms in total. The Morgan fingerprint density at radius 1 is 1.32 bits per heavy atom. The van der Waals surface area contributed by atoms with Gasteiger partial charge in [-0.15, -0.1) is 0 Å². The first-order valence-electron chi connectivity index (χ1n) is 7.33. The van der Waals surface area contributed by atoms with E-state index < -0.39 is 11.8 Å². The Labute approximate surface area is 134 Å². The summed E-state index contributed by atoms with van der Waals surface area (Å²) in [5.41, 5.74) is 0.0515. The average molecular weight is 328 g/mol. The largest absolute Gasteiger partial charge is 0.452 e. The first-order chi connectivity index (χ1) is 10.4. The first-order valence-corrected chi connectivity index (χ1v) is 7.71. The van der Waals surface area contributed by atoms with Crippen LogP contribution in [-0.4, -0.2) is 35.5 Å². The van der Waals surface area contributed by atoms with Crippen molar-refractivity contribution in [3.8, 4) is 0 Å². The molecule has 1 fully saturated rings. The Balaban J connectivity index is 1.97. The van der Waals surface area contributed by atoms with E-state index >= 15 is 0 Å². The number of nitrogens with zero attached hydrogens (tertiary/aromatic N) is 1. The lowest BCUT2D eigenvalue weighted by Crippen LogP contribution is -2.49. The molecule has 1 heterocycles. The fraction of sp³-hybridized carbons (Fsp3) is 0.500. The zero-order chi connectivity index (χ0) is 16.3. The third-order valence-corrected chi connectivity index (χ3v) is 4.27. The zero-order valence-corrected chi connectivity index (χ0v) is 13.4. The lowest BCUT2D eigenvalue weighted by molar-refractivity contribution is -0.140. The van der Waals surface area contributed by atoms with Gasteiger partial charge in [-0.1, -0.05) is 11.6 Å². The maximum Gasteiger partial charge on any atom is 0.340 e. The quantitative estimate of drug-likeness (QED) is 0.799. The number of rotatable bonds is 3. The molecule has 0 aliphatic carbocycles. The van der Waals surface area contributed by atoms with E-state index in [0.29, 0.717) is 0 Å². The second-order valence-electron chi connectivity index (χ2n) is 5.63. The van der Waals surface area contributed by atoms with E-state index in [0.717, 1.165) is 31.4 Å². The summed E-state index contributed by atoms with van der Waals surface area (Å²) < 4.78 is 18.0. The standard InChI is InChI=1S/C16H19ClFNO3/c1-10-4-3-5-11(2)19(10)15(20)9-22-16(21)13-7-6-12(18)8-14(13)17/h6-8,10-11H,3-5,9H2,1-2H3. The molecule has 1 aromatic carbocycles. The van der Waals surface area contributed by atoms with Crippen LogP contribution in [0, 0.1) is 5.82 Å². The molecule has 0 spiro atoms. The molecule has 0 bridgehead atoms. The van der Waals surface area contributed by atoms with E-state index in [1.165, 1.54) is 6.07 Å². The van der Waals surface area contributed by atoms with Crippen molar-refractivity contribution in [3.05, 3.63) is 34.6 Å². The molecule has 1 aliphatic heterocycles. The molecule has 1 saturated heterocycles. The van der Waals surface area contributed by atoms with Crippen molar-refractivity contribution < 1.29 is 18.7 Å². The van der Waals surface area contributed by atoms with Crippen molar-refractivity contribution in [1.29, 1.82) is 0 Å². The maximum absolute atomic E-state index is 13.0. The van der Waals surface area contributed by atoms with Crippen LogP contribution in [0.25, 0.3) is 0 Å². The molecule has 0 N–H and O–H groups in total. The number of hydrogen-bond donors (Lipinski definition) is 0. The number of carbonyl (C=O) groups excluding carboxylic acids is 2. The minimum Gasteiger partial charge on any atom is -0.452 e. The molecule has 22 heavy (non-hydrogen) atoms. The molecular formula is C16H19ClFNO3. The van der Waals surface area contributed by atoms with E-state index in [9.17, 15) is 14.0 Å². The topological polar surface area (TPSA) is 46.6 Å². The van der Waals surface area contributed by atoms with E-state index in [2.05, 4.69) is 0 Å². The Bertz CT molecular complexity index is 569. The van der Waals surface area contributed by atoms with Crippen LogP contribution in [0.15, 0.2) is 18.2 Å². The predicted molar refractivity (Wildman–Crippen MR) is 81.3 cm³/mol. The highest BCUT2D eigenvalue weighted by Crippen LogP contribution is 2.23. The summed E-state index contributed by atoms with van der Waals surface area (Å²) in [4.78, 5) is 25.9. The van der Waals surface area contributed by atoms with Gasteiger partial charge in [0.15, 0.2) is 6.61 Å². The molecule has 1 aromatic rings. The smallest absolute Gasteiger partial charge is 0.340 e. The minimum atomic E-state index is -0.726. The Hall–Kier alpha value is -1.62. The molecule has 120 valence electrons. The number of esters is 1. The summed E-state index contributed by atoms with van der Waals surface area (Å²) in [6.45, 7) is 3.65. The van der Waals surface area contributed by atoms with E-state index in [1.54, 1.807) is 4.90 Å². The number of benzene rings is 1. The van der Waals surface area contributed by atoms with Crippen molar-refractivity contribution in [1.82, 2.24) is 4.90 Å². The normalized spacial score (nSPS) is 21.5. The van der Waals surface area contributed by atoms with Crippen LogP contribution in [-0.2, 0) is 9.53 Å². The second-order valence-corrected chi connectivity index (χ2v) is 6.04. The first kappa shape index (κ1) is 16.7. The van der Waals surface area contributed by atoms with Crippen LogP contribution in [0.1, 0.15) is 43.5 Å². The highest BCUT2D eigenvalue weighted by Gasteiger charge is 2.29. The fourth-order valence-corrected chi connectivity index (χ4v) is 3.09. The van der Waals surface area contributed by atoms with Crippen molar-refractivity contribution in [2.24, 2.45) is 0 Å². The van der Waals surface area contributed by atoms with Gasteiger partial charge < -0.3 is 9.64 Å². The van der Waals surface area contributed by atoms with Crippen LogP contribution >= 0.6 is 11.6 Å². The van der Waals surface area contributed by atoms with Gasteiger partial charge in [0.05, 0.1) is 10.6 Å². The monoisotopic (exact) mass is 327 g/mol. The lowest BCUT2D eigenvalue weighted by Gasteiger charge is -2.38. The average Bonchev–Trinajstić information content (AvgIpc) is 2.44. The highest BCUT2D eigenvalue weighted by atomic mass is 35.5. The molecule has 0 saturated carbocycles. The lowest BCUT2D eigenvalue weighted by atomic mass is 9.97. The van der Waals surface area contributed by atoms with Gasteiger partial charge in [0.2, 0.25) is 0 Å². The van der Waals surface area contributed by atoms with Crippen molar-refractivity contribution in [2.45, 2.75) is 45.2 Å². The van der Waals surface area contributed by atoms with E-state index in [1.807, 2.05) is 13.8 Å². The second kappa shape index (κ2) is 7.09. The van der Waals surface area contributed by atoms with Crippen molar-refractivity contribution in [2.75, 3.05) is 6.61 Å². The van der Waals surface area contributed by atoms with Crippen LogP contribution < -0.4 is 0 Å². The molecule has 1 amide bonds. The SMILES string of the molecule is CC1CCCC(C)N1C(=O)COC(=O)c1ccc(F)cc1Cl. The molecule has 2 unspecified atom stereocenters. The van der Waals surface area contributed by atoms with Crippen molar-refractivity contribution >= 4 is 23.5 Å². The van der Waals surface area contributed by atoms with Gasteiger partial charge >= 0.3 is 5.97 Å². The third-order valence-electron chi connectivity index (χ3n) is 3.96. The van der Waals surface area contributed by atoms with Gasteiger partial charge in [-0.3, -0.25) is 4.79 Å². The minimum absolute atomic E-state index is 0.0304. The number of piperidine rings is 1.